The van der Waals surface area contributed by atoms with Gasteiger partial charge in [-0.05, 0) is 113 Å². The number of nitrogens with one attached hydrogen (secondary N) is 7. The number of esters is 2. The Kier molecular flexibility index (Phi) is 20.0. The highest BCUT2D eigenvalue weighted by Crippen LogP contribution is 2.66. The molecular weight excluding hydrogens is 1290 g/mol. The first-order valence-corrected chi connectivity index (χ1v) is 34.6. The van der Waals surface area contributed by atoms with E-state index in [1.807, 2.05) is 38.1 Å². The molecule has 2 fully saturated rings. The second-order valence-electron chi connectivity index (χ2n) is 27.2. The van der Waals surface area contributed by atoms with E-state index in [-0.39, 0.29) is 94.0 Å². The molecule has 526 valence electrons. The number of amides is 8. The number of aromatic hydroxyl groups is 1. The molecule has 10 heterocycles. The van der Waals surface area contributed by atoms with Crippen molar-refractivity contribution in [2.24, 2.45) is 11.7 Å². The van der Waals surface area contributed by atoms with Crippen LogP contribution in [0.25, 0.3) is 10.9 Å². The van der Waals surface area contributed by atoms with Gasteiger partial charge in [0.2, 0.25) is 24.5 Å². The number of thioether (sulfide) groups is 1. The zero-order chi connectivity index (χ0) is 70.4. The predicted molar refractivity (Wildman–Crippen MR) is 364 cm³/mol. The van der Waals surface area contributed by atoms with E-state index >= 15 is 4.79 Å². The number of methoxy groups -OCH3 is 1. The zero-order valence-electron chi connectivity index (χ0n) is 56.7. The summed E-state index contributed by atoms with van der Waals surface area (Å²) in [5.41, 5.74) is 10.8. The normalized spacial score (nSPS) is 23.8. The number of aromatic nitrogens is 1. The van der Waals surface area contributed by atoms with Gasteiger partial charge in [0.15, 0.2) is 28.5 Å². The van der Waals surface area contributed by atoms with Gasteiger partial charge < -0.3 is 70.8 Å². The number of unbranched alkanes of at least 4 members (excludes halogenated alkanes) is 2. The Morgan fingerprint density at radius 3 is 2.36 bits per heavy atom. The number of para-hydroxylation sites is 1. The second-order valence-corrected chi connectivity index (χ2v) is 28.4. The van der Waals surface area contributed by atoms with Gasteiger partial charge in [-0.3, -0.25) is 48.8 Å². The number of aryl methyl sites for hydroxylation is 1. The first-order valence-electron chi connectivity index (χ1n) is 33.6. The number of nitrogens with two attached hydrogens (primary N) is 1. The molecular formula is C71H85N11O16S. The number of phenols is 1. The maximum atomic E-state index is 15.8. The Labute approximate surface area is 576 Å². The molecule has 9 aliphatic heterocycles. The van der Waals surface area contributed by atoms with Crippen LogP contribution < -0.4 is 56.6 Å². The number of carbonyl (C=O) groups is 9. The van der Waals surface area contributed by atoms with Crippen LogP contribution in [0.4, 0.5) is 15.3 Å². The van der Waals surface area contributed by atoms with Crippen molar-refractivity contribution in [3.8, 4) is 28.7 Å². The third-order valence-electron chi connectivity index (χ3n) is 20.0. The van der Waals surface area contributed by atoms with Crippen LogP contribution in [-0.4, -0.2) is 168 Å². The maximum absolute atomic E-state index is 15.8. The van der Waals surface area contributed by atoms with Crippen LogP contribution in [0.1, 0.15) is 134 Å². The smallest absolute Gasteiger partial charge is 0.407 e. The molecule has 0 saturated carbocycles. The molecule has 10 atom stereocenters. The van der Waals surface area contributed by atoms with Crippen molar-refractivity contribution in [2.75, 3.05) is 64.8 Å². The highest BCUT2D eigenvalue weighted by molar-refractivity contribution is 7.99. The van der Waals surface area contributed by atoms with Crippen molar-refractivity contribution >= 4 is 82.0 Å². The van der Waals surface area contributed by atoms with Crippen LogP contribution in [0.15, 0.2) is 66.7 Å². The lowest BCUT2D eigenvalue weighted by Gasteiger charge is -2.61. The lowest BCUT2D eigenvalue weighted by atomic mass is 9.76. The number of benzene rings is 4. The fraction of sp³-hybridized carbons (Fsp3) is 0.479. The van der Waals surface area contributed by atoms with Gasteiger partial charge >= 0.3 is 24.1 Å². The number of imide groups is 1. The number of anilines is 1. The van der Waals surface area contributed by atoms with E-state index in [4.69, 9.17) is 34.2 Å². The van der Waals surface area contributed by atoms with Crippen molar-refractivity contribution in [3.05, 3.63) is 117 Å². The molecule has 14 rings (SSSR count). The maximum Gasteiger partial charge on any atom is 0.407 e. The van der Waals surface area contributed by atoms with Gasteiger partial charge in [-0.15, -0.1) is 11.8 Å². The number of urea groups is 1. The summed E-state index contributed by atoms with van der Waals surface area (Å²) in [4.78, 5) is 129. The van der Waals surface area contributed by atoms with Crippen molar-refractivity contribution in [2.45, 2.75) is 152 Å². The topological polar surface area (TPSA) is 353 Å². The minimum atomic E-state index is -1.56. The summed E-state index contributed by atoms with van der Waals surface area (Å²) in [5.74, 6) is -1.94. The minimum Gasteiger partial charge on any atom is -0.504 e. The summed E-state index contributed by atoms with van der Waals surface area (Å²) in [6, 6.07) is 11.5. The van der Waals surface area contributed by atoms with Crippen LogP contribution >= 0.6 is 11.8 Å². The molecule has 0 aliphatic carbocycles. The van der Waals surface area contributed by atoms with Gasteiger partial charge in [-0.1, -0.05) is 56.7 Å². The standard InChI is InChI=1S/C71H85N11O16S/c1-36(2)55(78-49(84)18-10-9-13-26-81-50(85)23-24-51(81)86)66(89)77-47(17-14-25-73-68(72)91)65(88)75-42-21-19-40(20-22-42)31-95-69(92)74-30-43-28-45-44-15-11-12-16-46(44)76-64(45)71(79-43)34-99-63-54-53(62-61(96-35-97-62)38(4)60(54)98-39(5)83)48(32-94-67(71)90)82-57(63)56-52-41(29-70(82,6)33-80(56)7)27-37(3)59(93-8)58(52)87/h11-12,15-16,19-24,27,36,43,47-48,55-57,63,76,79,87H,9-10,13-14,17-18,25-26,28-35H2,1-8H3,(H,74,92)(H,75,88)(H,77,89)(H,78,84)(H3,72,73,91)/t43-,47-,48-,55-,56-,57+,63+,70?,71+/m0/s1. The summed E-state index contributed by atoms with van der Waals surface area (Å²) in [6.45, 7) is 11.4. The molecule has 1 aromatic heterocycles. The first-order chi connectivity index (χ1) is 47.4. The number of ether oxygens (including phenoxy) is 6. The third kappa shape index (κ3) is 13.5. The quantitative estimate of drug-likeness (QED) is 0.0165. The molecule has 9 aliphatic rings. The van der Waals surface area contributed by atoms with Gasteiger partial charge in [0.1, 0.15) is 31.0 Å². The third-order valence-corrected chi connectivity index (χ3v) is 21.5. The number of aromatic amines is 1. The van der Waals surface area contributed by atoms with E-state index in [2.05, 4.69) is 66.7 Å². The summed E-state index contributed by atoms with van der Waals surface area (Å²) in [6.07, 6.45) is 4.59. The molecule has 10 N–H and O–H groups in total. The van der Waals surface area contributed by atoms with Crippen molar-refractivity contribution in [1.29, 1.82) is 0 Å². The van der Waals surface area contributed by atoms with Crippen LogP contribution in [0.3, 0.4) is 0 Å². The van der Waals surface area contributed by atoms with Gasteiger partial charge in [0.25, 0.3) is 11.8 Å². The molecule has 28 heteroatoms. The zero-order valence-corrected chi connectivity index (χ0v) is 57.5. The molecule has 1 spiro atoms. The number of alkyl carbamates (subject to hydrolysis) is 1. The van der Waals surface area contributed by atoms with Crippen molar-refractivity contribution in [1.82, 2.24) is 46.3 Å². The van der Waals surface area contributed by atoms with Crippen LogP contribution in [-0.2, 0) is 68.0 Å². The molecule has 27 nitrogen and oxygen atoms in total. The Bertz CT molecular complexity index is 4090. The van der Waals surface area contributed by atoms with E-state index < -0.39 is 88.5 Å². The molecule has 5 aromatic rings. The number of carbonyl (C=O) groups excluding carboxylic acids is 9. The number of rotatable bonds is 22. The molecule has 99 heavy (non-hydrogen) atoms. The van der Waals surface area contributed by atoms with E-state index in [1.165, 1.54) is 30.8 Å². The predicted octanol–water partition coefficient (Wildman–Crippen LogP) is 6.05. The largest absolute Gasteiger partial charge is 0.504 e. The van der Waals surface area contributed by atoms with Gasteiger partial charge in [0.05, 0.1) is 30.1 Å². The Morgan fingerprint density at radius 2 is 1.64 bits per heavy atom. The monoisotopic (exact) mass is 1380 g/mol. The average Bonchev–Trinajstić information content (AvgIpc) is 1.66. The molecule has 2 unspecified atom stereocenters. The van der Waals surface area contributed by atoms with E-state index in [1.54, 1.807) is 45.2 Å². The summed E-state index contributed by atoms with van der Waals surface area (Å²) >= 11 is 1.51. The van der Waals surface area contributed by atoms with Gasteiger partial charge in [-0.2, -0.15) is 0 Å². The van der Waals surface area contributed by atoms with Crippen LogP contribution in [0.5, 0.6) is 28.7 Å². The lowest BCUT2D eigenvalue weighted by molar-refractivity contribution is -0.160. The Balaban J connectivity index is 0.748. The molecule has 2 saturated heterocycles. The number of fused-ring (bicyclic) bond motifs is 8. The fourth-order valence-corrected chi connectivity index (χ4v) is 17.4. The average molecular weight is 1380 g/mol. The highest BCUT2D eigenvalue weighted by Gasteiger charge is 2.63. The Morgan fingerprint density at radius 1 is 0.889 bits per heavy atom. The van der Waals surface area contributed by atoms with Crippen LogP contribution in [0, 0.1) is 19.8 Å². The van der Waals surface area contributed by atoms with E-state index in [0.29, 0.717) is 95.3 Å². The molecule has 4 bridgehead atoms. The van der Waals surface area contributed by atoms with E-state index in [0.717, 1.165) is 38.1 Å². The summed E-state index contributed by atoms with van der Waals surface area (Å²) in [5, 5.41) is 30.3. The van der Waals surface area contributed by atoms with Gasteiger partial charge in [0, 0.05) is 114 Å². The van der Waals surface area contributed by atoms with E-state index in [9.17, 15) is 43.5 Å². The SMILES string of the molecule is COc1c(C)cc2c(c1O)[C@H]1[C@@H]3[C@@H]4SC[C@]5(N[C@H](CNC(=O)OCc6ccc(NC(=O)[C@H](CCCNC(N)=O)NC(=O)[C@@H](NC(=O)CCCCCN7C(=O)C=CC7=O)C(C)C)cc6)Cc6c5[nH]c5ccccc65)C(=O)OC[C@@H](c5c6c(c(C)c(OC(C)=O)c54)OCO6)N3C(C)(C2)CN1C. The second kappa shape index (κ2) is 28.5. The van der Waals surface area contributed by atoms with Crippen molar-refractivity contribution < 1.29 is 76.7 Å². The van der Waals surface area contributed by atoms with Gasteiger partial charge in [-0.25, -0.2) is 14.4 Å². The number of piperazine rings is 1. The van der Waals surface area contributed by atoms with Crippen LogP contribution in [0.2, 0.25) is 0 Å². The summed E-state index contributed by atoms with van der Waals surface area (Å²) < 4.78 is 37.4. The van der Waals surface area contributed by atoms with Crippen molar-refractivity contribution in [3.63, 3.8) is 0 Å². The molecule has 8 amide bonds. The number of likely N-dealkylation sites (N-methyl/N-ethyl adjacent to an activating group) is 1. The number of nitrogens with zero attached hydrogens (tertiary/aromatic N) is 3. The molecule has 0 radical (unpaired) electrons. The lowest BCUT2D eigenvalue weighted by Crippen LogP contribution is -2.69. The number of hydrogen-bond donors (Lipinski definition) is 9. The Hall–Kier alpha value is -9.38. The minimum absolute atomic E-state index is 0.0171. The number of H-pyrrole nitrogens is 1. The first kappa shape index (κ1) is 69.5. The summed E-state index contributed by atoms with van der Waals surface area (Å²) in [7, 11) is 3.62. The molecule has 4 aromatic carbocycles. The number of primary amides is 1. The highest BCUT2D eigenvalue weighted by atomic mass is 32.2. The number of phenolic OH excluding ortho intramolecular Hbond substituents is 1. The fourth-order valence-electron chi connectivity index (χ4n) is 15.8. The number of hydrogen-bond acceptors (Lipinski definition) is 20.